The molecule has 1 amide bonds. The molecule has 0 saturated carbocycles. The maximum atomic E-state index is 13.0. The Morgan fingerprint density at radius 2 is 1.81 bits per heavy atom. The fourth-order valence-corrected chi connectivity index (χ4v) is 2.33. The predicted octanol–water partition coefficient (Wildman–Crippen LogP) is 4.36. The standard InChI is InChI=1S/C18H17F3N2O3/c1-2-16(24)23-15-8-7-12(9-13(15)17(25)26)22-10-11-5-3-4-6-14(11)18(19,20)21/h3-9,22H,2,10H2,1H3,(H,23,24)(H,25,26). The summed E-state index contributed by atoms with van der Waals surface area (Å²) in [5, 5.41) is 14.5. The quantitative estimate of drug-likeness (QED) is 0.710. The molecule has 0 bridgehead atoms. The van der Waals surface area contributed by atoms with Crippen molar-refractivity contribution in [3.05, 3.63) is 59.2 Å². The van der Waals surface area contributed by atoms with Crippen LogP contribution < -0.4 is 10.6 Å². The first kappa shape index (κ1) is 19.3. The molecule has 5 nitrogen and oxygen atoms in total. The number of hydrogen-bond acceptors (Lipinski definition) is 3. The summed E-state index contributed by atoms with van der Waals surface area (Å²) in [6, 6.07) is 9.30. The Balaban J connectivity index is 2.22. The molecule has 0 atom stereocenters. The second kappa shape index (κ2) is 7.90. The van der Waals surface area contributed by atoms with E-state index in [2.05, 4.69) is 10.6 Å². The van der Waals surface area contributed by atoms with Crippen molar-refractivity contribution in [1.82, 2.24) is 0 Å². The number of rotatable bonds is 6. The smallest absolute Gasteiger partial charge is 0.416 e. The maximum absolute atomic E-state index is 13.0. The Morgan fingerprint density at radius 3 is 2.42 bits per heavy atom. The van der Waals surface area contributed by atoms with Gasteiger partial charge in [-0.15, -0.1) is 0 Å². The van der Waals surface area contributed by atoms with E-state index in [-0.39, 0.29) is 35.7 Å². The molecular weight excluding hydrogens is 349 g/mol. The minimum atomic E-state index is -4.47. The van der Waals surface area contributed by atoms with Crippen LogP contribution in [0.2, 0.25) is 0 Å². The largest absolute Gasteiger partial charge is 0.478 e. The van der Waals surface area contributed by atoms with Gasteiger partial charge in [0.25, 0.3) is 0 Å². The number of aromatic carboxylic acids is 1. The van der Waals surface area contributed by atoms with Gasteiger partial charge in [0.1, 0.15) is 0 Å². The van der Waals surface area contributed by atoms with Crippen molar-refractivity contribution < 1.29 is 27.9 Å². The van der Waals surface area contributed by atoms with Crippen LogP contribution in [0.1, 0.15) is 34.8 Å². The van der Waals surface area contributed by atoms with Gasteiger partial charge in [-0.1, -0.05) is 25.1 Å². The zero-order chi connectivity index (χ0) is 19.3. The summed E-state index contributed by atoms with van der Waals surface area (Å²) in [5.74, 6) is -1.59. The molecule has 0 aromatic heterocycles. The number of carbonyl (C=O) groups excluding carboxylic acids is 1. The van der Waals surface area contributed by atoms with Crippen molar-refractivity contribution in [3.63, 3.8) is 0 Å². The number of hydrogen-bond donors (Lipinski definition) is 3. The third kappa shape index (κ3) is 4.75. The average Bonchev–Trinajstić information content (AvgIpc) is 2.60. The number of nitrogens with one attached hydrogen (secondary N) is 2. The lowest BCUT2D eigenvalue weighted by Gasteiger charge is -2.15. The van der Waals surface area contributed by atoms with Crippen molar-refractivity contribution in [2.24, 2.45) is 0 Å². The molecule has 26 heavy (non-hydrogen) atoms. The third-order valence-corrected chi connectivity index (χ3v) is 3.65. The highest BCUT2D eigenvalue weighted by atomic mass is 19.4. The van der Waals surface area contributed by atoms with Gasteiger partial charge < -0.3 is 15.7 Å². The molecule has 0 aliphatic heterocycles. The zero-order valence-corrected chi connectivity index (χ0v) is 13.9. The second-order valence-electron chi connectivity index (χ2n) is 5.48. The predicted molar refractivity (Wildman–Crippen MR) is 91.1 cm³/mol. The van der Waals surface area contributed by atoms with Gasteiger partial charge in [-0.25, -0.2) is 4.79 Å². The molecule has 0 saturated heterocycles. The number of benzene rings is 2. The van der Waals surface area contributed by atoms with Gasteiger partial charge >= 0.3 is 12.1 Å². The summed E-state index contributed by atoms with van der Waals surface area (Å²) in [5.41, 5.74) is -0.404. The molecule has 2 aromatic rings. The molecule has 3 N–H and O–H groups in total. The monoisotopic (exact) mass is 366 g/mol. The highest BCUT2D eigenvalue weighted by Crippen LogP contribution is 2.32. The molecule has 0 fully saturated rings. The van der Waals surface area contributed by atoms with E-state index in [9.17, 15) is 27.9 Å². The van der Waals surface area contributed by atoms with Gasteiger partial charge in [-0.05, 0) is 29.8 Å². The molecule has 0 aliphatic carbocycles. The highest BCUT2D eigenvalue weighted by molar-refractivity contribution is 6.01. The lowest BCUT2D eigenvalue weighted by Crippen LogP contribution is -2.14. The molecule has 8 heteroatoms. The summed E-state index contributed by atoms with van der Waals surface area (Å²) in [6.07, 6.45) is -4.29. The summed E-state index contributed by atoms with van der Waals surface area (Å²) in [7, 11) is 0. The van der Waals surface area contributed by atoms with E-state index >= 15 is 0 Å². The van der Waals surface area contributed by atoms with E-state index in [1.165, 1.54) is 36.4 Å². The lowest BCUT2D eigenvalue weighted by atomic mass is 10.1. The zero-order valence-electron chi connectivity index (χ0n) is 13.9. The number of alkyl halides is 3. The number of carboxylic acid groups (broad SMARTS) is 1. The summed E-state index contributed by atoms with van der Waals surface area (Å²) >= 11 is 0. The summed E-state index contributed by atoms with van der Waals surface area (Å²) in [6.45, 7) is 1.50. The van der Waals surface area contributed by atoms with E-state index in [0.717, 1.165) is 6.07 Å². The van der Waals surface area contributed by atoms with E-state index in [0.29, 0.717) is 5.69 Å². The topological polar surface area (TPSA) is 78.4 Å². The molecule has 2 rings (SSSR count). The molecule has 138 valence electrons. The Labute approximate surface area is 147 Å². The Morgan fingerprint density at radius 1 is 1.12 bits per heavy atom. The van der Waals surface area contributed by atoms with Crippen LogP contribution in [0, 0.1) is 0 Å². The first-order valence-corrected chi connectivity index (χ1v) is 7.78. The number of amides is 1. The van der Waals surface area contributed by atoms with Crippen LogP contribution in [-0.4, -0.2) is 17.0 Å². The fourth-order valence-electron chi connectivity index (χ4n) is 2.33. The number of halogens is 3. The third-order valence-electron chi connectivity index (χ3n) is 3.65. The molecule has 0 unspecified atom stereocenters. The van der Waals surface area contributed by atoms with E-state index in [4.69, 9.17) is 0 Å². The summed E-state index contributed by atoms with van der Waals surface area (Å²) < 4.78 is 39.0. The molecule has 0 radical (unpaired) electrons. The number of anilines is 2. The Kier molecular flexibility index (Phi) is 5.86. The van der Waals surface area contributed by atoms with Crippen molar-refractivity contribution in [3.8, 4) is 0 Å². The molecule has 0 aliphatic rings. The van der Waals surface area contributed by atoms with Gasteiger partial charge in [-0.2, -0.15) is 13.2 Å². The van der Waals surface area contributed by atoms with Crippen molar-refractivity contribution >= 4 is 23.3 Å². The summed E-state index contributed by atoms with van der Waals surface area (Å²) in [4.78, 5) is 22.8. The first-order chi connectivity index (χ1) is 12.2. The van der Waals surface area contributed by atoms with Crippen LogP contribution in [-0.2, 0) is 17.5 Å². The van der Waals surface area contributed by atoms with Crippen LogP contribution in [0.15, 0.2) is 42.5 Å². The van der Waals surface area contributed by atoms with Crippen LogP contribution in [0.4, 0.5) is 24.5 Å². The van der Waals surface area contributed by atoms with Crippen LogP contribution in [0.25, 0.3) is 0 Å². The van der Waals surface area contributed by atoms with Gasteiger partial charge in [0, 0.05) is 18.7 Å². The van der Waals surface area contributed by atoms with Crippen LogP contribution >= 0.6 is 0 Å². The second-order valence-corrected chi connectivity index (χ2v) is 5.48. The van der Waals surface area contributed by atoms with E-state index < -0.39 is 17.7 Å². The minimum absolute atomic E-state index is 0.0419. The molecule has 0 heterocycles. The van der Waals surface area contributed by atoms with Crippen LogP contribution in [0.5, 0.6) is 0 Å². The van der Waals surface area contributed by atoms with Crippen molar-refractivity contribution in [2.45, 2.75) is 26.1 Å². The van der Waals surface area contributed by atoms with E-state index in [1.807, 2.05) is 0 Å². The number of carboxylic acids is 1. The number of carbonyl (C=O) groups is 2. The molecule has 0 spiro atoms. The first-order valence-electron chi connectivity index (χ1n) is 7.78. The fraction of sp³-hybridized carbons (Fsp3) is 0.222. The van der Waals surface area contributed by atoms with Crippen molar-refractivity contribution in [2.75, 3.05) is 10.6 Å². The minimum Gasteiger partial charge on any atom is -0.478 e. The normalized spacial score (nSPS) is 11.1. The molecular formula is C18H17F3N2O3. The van der Waals surface area contributed by atoms with Gasteiger partial charge in [0.05, 0.1) is 16.8 Å². The van der Waals surface area contributed by atoms with E-state index in [1.54, 1.807) is 6.92 Å². The Bertz CT molecular complexity index is 820. The highest BCUT2D eigenvalue weighted by Gasteiger charge is 2.32. The lowest BCUT2D eigenvalue weighted by molar-refractivity contribution is -0.138. The van der Waals surface area contributed by atoms with Crippen molar-refractivity contribution in [1.29, 1.82) is 0 Å². The maximum Gasteiger partial charge on any atom is 0.416 e. The molecule has 2 aromatic carbocycles. The van der Waals surface area contributed by atoms with Gasteiger partial charge in [0.15, 0.2) is 0 Å². The average molecular weight is 366 g/mol. The van der Waals surface area contributed by atoms with Crippen LogP contribution in [0.3, 0.4) is 0 Å². The Hall–Kier alpha value is -3.03. The van der Waals surface area contributed by atoms with Gasteiger partial charge in [-0.3, -0.25) is 4.79 Å². The SMILES string of the molecule is CCC(=O)Nc1ccc(NCc2ccccc2C(F)(F)F)cc1C(=O)O. The van der Waals surface area contributed by atoms with Gasteiger partial charge in [0.2, 0.25) is 5.91 Å².